The van der Waals surface area contributed by atoms with Crippen molar-refractivity contribution in [3.63, 3.8) is 0 Å². The van der Waals surface area contributed by atoms with Gasteiger partial charge >= 0.3 is 0 Å². The van der Waals surface area contributed by atoms with Crippen LogP contribution in [0.3, 0.4) is 0 Å². The molecule has 0 aromatic heterocycles. The smallest absolute Gasteiger partial charge is 0.208 e. The average molecular weight is 287 g/mol. The zero-order chi connectivity index (χ0) is 14.1. The monoisotopic (exact) mass is 287 g/mol. The molecule has 3 saturated carbocycles. The molecule has 0 radical (unpaired) electrons. The second kappa shape index (κ2) is 6.14. The van der Waals surface area contributed by atoms with Crippen LogP contribution < -0.4 is 0 Å². The van der Waals surface area contributed by atoms with Crippen LogP contribution in [0.15, 0.2) is 17.1 Å². The molecule has 4 aliphatic rings. The topological polar surface area (TPSA) is 21.6 Å². The van der Waals surface area contributed by atoms with Crippen molar-refractivity contribution in [1.82, 2.24) is 0 Å². The van der Waals surface area contributed by atoms with Gasteiger partial charge in [0.2, 0.25) is 5.90 Å². The summed E-state index contributed by atoms with van der Waals surface area (Å²) in [6.45, 7) is 0. The molecule has 0 aromatic carbocycles. The minimum Gasteiger partial charge on any atom is -0.472 e. The molecule has 4 atom stereocenters. The van der Waals surface area contributed by atoms with Crippen LogP contribution >= 0.6 is 0 Å². The molecular formula is C19H29NO. The van der Waals surface area contributed by atoms with Crippen LogP contribution in [-0.4, -0.2) is 18.0 Å². The first kappa shape index (κ1) is 13.8. The van der Waals surface area contributed by atoms with Gasteiger partial charge in [-0.1, -0.05) is 44.6 Å². The lowest BCUT2D eigenvalue weighted by molar-refractivity contribution is 0.0577. The first-order chi connectivity index (χ1) is 10.4. The molecule has 3 fully saturated rings. The van der Waals surface area contributed by atoms with Crippen LogP contribution in [0, 0.1) is 17.8 Å². The minimum atomic E-state index is 0.398. The van der Waals surface area contributed by atoms with Crippen molar-refractivity contribution >= 4 is 5.90 Å². The van der Waals surface area contributed by atoms with Gasteiger partial charge in [-0.05, 0) is 55.9 Å². The Labute approximate surface area is 129 Å². The van der Waals surface area contributed by atoms with Gasteiger partial charge in [0.25, 0.3) is 0 Å². The predicted octanol–water partition coefficient (Wildman–Crippen LogP) is 4.89. The van der Waals surface area contributed by atoms with Crippen molar-refractivity contribution in [3.8, 4) is 0 Å². The largest absolute Gasteiger partial charge is 0.472 e. The van der Waals surface area contributed by atoms with E-state index in [1.54, 1.807) is 0 Å². The Bertz CT molecular complexity index is 421. The number of allylic oxidation sites excluding steroid dienone is 1. The van der Waals surface area contributed by atoms with E-state index in [4.69, 9.17) is 9.73 Å². The van der Waals surface area contributed by atoms with Gasteiger partial charge in [-0.3, -0.25) is 0 Å². The Kier molecular flexibility index (Phi) is 4.05. The fourth-order valence-electron chi connectivity index (χ4n) is 5.14. The molecule has 2 nitrogen and oxygen atoms in total. The van der Waals surface area contributed by atoms with Gasteiger partial charge in [-0.25, -0.2) is 4.99 Å². The van der Waals surface area contributed by atoms with Crippen molar-refractivity contribution in [3.05, 3.63) is 12.2 Å². The molecule has 0 saturated heterocycles. The summed E-state index contributed by atoms with van der Waals surface area (Å²) in [4.78, 5) is 4.99. The number of hydrogen-bond donors (Lipinski definition) is 0. The Morgan fingerprint density at radius 1 is 0.857 bits per heavy atom. The molecule has 4 rings (SSSR count). The standard InChI is InChI=1S/C19H29NO/c1-2-6-14(7-3-1)10-13-18-20-19-16-9-5-4-8-15(16)11-12-17(19)21-18/h10,13-17,19H,1-9,11-12H2/b13-10-. The van der Waals surface area contributed by atoms with Crippen LogP contribution in [0.1, 0.15) is 70.6 Å². The molecule has 1 aliphatic heterocycles. The molecule has 0 amide bonds. The van der Waals surface area contributed by atoms with E-state index in [1.807, 2.05) is 0 Å². The van der Waals surface area contributed by atoms with Gasteiger partial charge in [-0.2, -0.15) is 0 Å². The number of fused-ring (bicyclic) bond motifs is 3. The summed E-state index contributed by atoms with van der Waals surface area (Å²) in [5, 5.41) is 0. The Hall–Kier alpha value is -0.790. The molecule has 2 heteroatoms. The van der Waals surface area contributed by atoms with Crippen molar-refractivity contribution in [2.75, 3.05) is 0 Å². The lowest BCUT2D eigenvalue weighted by Gasteiger charge is -2.40. The van der Waals surface area contributed by atoms with Crippen LogP contribution in [-0.2, 0) is 4.74 Å². The van der Waals surface area contributed by atoms with E-state index in [9.17, 15) is 0 Å². The predicted molar refractivity (Wildman–Crippen MR) is 86.5 cm³/mol. The van der Waals surface area contributed by atoms with E-state index in [2.05, 4.69) is 12.2 Å². The van der Waals surface area contributed by atoms with Crippen molar-refractivity contribution in [2.45, 2.75) is 82.8 Å². The molecule has 116 valence electrons. The maximum atomic E-state index is 6.17. The van der Waals surface area contributed by atoms with E-state index in [1.165, 1.54) is 70.6 Å². The van der Waals surface area contributed by atoms with Crippen LogP contribution in [0.5, 0.6) is 0 Å². The second-order valence-corrected chi connectivity index (χ2v) is 7.66. The third-order valence-electron chi connectivity index (χ3n) is 6.32. The van der Waals surface area contributed by atoms with Gasteiger partial charge in [0.1, 0.15) is 6.10 Å². The molecule has 1 heterocycles. The highest BCUT2D eigenvalue weighted by atomic mass is 16.5. The first-order valence-corrected chi connectivity index (χ1v) is 9.33. The van der Waals surface area contributed by atoms with Crippen molar-refractivity contribution < 1.29 is 4.74 Å². The zero-order valence-corrected chi connectivity index (χ0v) is 13.2. The summed E-state index contributed by atoms with van der Waals surface area (Å²) < 4.78 is 6.17. The van der Waals surface area contributed by atoms with E-state index in [0.29, 0.717) is 12.1 Å². The number of hydrogen-bond acceptors (Lipinski definition) is 2. The van der Waals surface area contributed by atoms with E-state index in [0.717, 1.165) is 23.7 Å². The lowest BCUT2D eigenvalue weighted by atomic mass is 9.68. The van der Waals surface area contributed by atoms with E-state index < -0.39 is 0 Å². The van der Waals surface area contributed by atoms with Crippen molar-refractivity contribution in [2.24, 2.45) is 22.7 Å². The molecular weight excluding hydrogens is 258 g/mol. The third-order valence-corrected chi connectivity index (χ3v) is 6.32. The van der Waals surface area contributed by atoms with E-state index in [-0.39, 0.29) is 0 Å². The molecule has 0 N–H and O–H groups in total. The van der Waals surface area contributed by atoms with Gasteiger partial charge in [0, 0.05) is 0 Å². The summed E-state index contributed by atoms with van der Waals surface area (Å²) in [6, 6.07) is 0.482. The van der Waals surface area contributed by atoms with E-state index >= 15 is 0 Å². The fourth-order valence-corrected chi connectivity index (χ4v) is 5.14. The quantitative estimate of drug-likeness (QED) is 0.708. The normalized spacial score (nSPS) is 40.5. The van der Waals surface area contributed by atoms with Gasteiger partial charge in [0.15, 0.2) is 0 Å². The van der Waals surface area contributed by atoms with Crippen molar-refractivity contribution in [1.29, 1.82) is 0 Å². The maximum Gasteiger partial charge on any atom is 0.208 e. The summed E-state index contributed by atoms with van der Waals surface area (Å²) >= 11 is 0. The molecule has 0 aromatic rings. The number of ether oxygens (including phenoxy) is 1. The second-order valence-electron chi connectivity index (χ2n) is 7.66. The SMILES string of the molecule is C(=C/C1CCCCC1)/C1=NC2C(CCC3CCCCC32)O1. The fraction of sp³-hybridized carbons (Fsp3) is 0.842. The number of aliphatic imine (C=N–C) groups is 1. The molecule has 3 aliphatic carbocycles. The highest BCUT2D eigenvalue weighted by Crippen LogP contribution is 2.44. The third kappa shape index (κ3) is 2.91. The minimum absolute atomic E-state index is 0.398. The number of rotatable bonds is 2. The first-order valence-electron chi connectivity index (χ1n) is 9.33. The summed E-state index contributed by atoms with van der Waals surface area (Å²) in [6.07, 6.45) is 20.2. The maximum absolute atomic E-state index is 6.17. The van der Waals surface area contributed by atoms with Gasteiger partial charge in [-0.15, -0.1) is 0 Å². The summed E-state index contributed by atoms with van der Waals surface area (Å²) in [5.41, 5.74) is 0. The van der Waals surface area contributed by atoms with Gasteiger partial charge < -0.3 is 4.74 Å². The van der Waals surface area contributed by atoms with Crippen LogP contribution in [0.2, 0.25) is 0 Å². The van der Waals surface area contributed by atoms with Gasteiger partial charge in [0.05, 0.1) is 6.04 Å². The highest BCUT2D eigenvalue weighted by molar-refractivity contribution is 5.89. The Morgan fingerprint density at radius 2 is 1.67 bits per heavy atom. The highest BCUT2D eigenvalue weighted by Gasteiger charge is 2.44. The average Bonchev–Trinajstić information content (AvgIpc) is 2.97. The Balaban J connectivity index is 1.42. The molecule has 21 heavy (non-hydrogen) atoms. The zero-order valence-electron chi connectivity index (χ0n) is 13.2. The van der Waals surface area contributed by atoms with Crippen LogP contribution in [0.25, 0.3) is 0 Å². The molecule has 0 spiro atoms. The summed E-state index contributed by atoms with van der Waals surface area (Å²) in [7, 11) is 0. The lowest BCUT2D eigenvalue weighted by Crippen LogP contribution is -2.41. The summed E-state index contributed by atoms with van der Waals surface area (Å²) in [5.74, 6) is 3.48. The van der Waals surface area contributed by atoms with Crippen LogP contribution in [0.4, 0.5) is 0 Å². The molecule has 4 unspecified atom stereocenters. The number of nitrogens with zero attached hydrogens (tertiary/aromatic N) is 1. The Morgan fingerprint density at radius 3 is 2.57 bits per heavy atom. The molecule has 0 bridgehead atoms.